The van der Waals surface area contributed by atoms with E-state index in [1.807, 2.05) is 0 Å². The third-order valence-electron chi connectivity index (χ3n) is 13.7. The van der Waals surface area contributed by atoms with Crippen molar-refractivity contribution in [2.45, 2.75) is 11.8 Å². The largest absolute Gasteiger partial charge is 0.313 e. The predicted molar refractivity (Wildman–Crippen MR) is 230 cm³/mol. The van der Waals surface area contributed by atoms with Gasteiger partial charge in [-0.15, -0.1) is 0 Å². The predicted octanol–water partition coefficient (Wildman–Crippen LogP) is 13.4. The highest BCUT2D eigenvalue weighted by molar-refractivity contribution is 6.28. The second-order valence-electron chi connectivity index (χ2n) is 15.9. The van der Waals surface area contributed by atoms with Gasteiger partial charge in [-0.05, 0) is 92.6 Å². The summed E-state index contributed by atoms with van der Waals surface area (Å²) < 4.78 is 5.08. The van der Waals surface area contributed by atoms with E-state index in [-0.39, 0.29) is 11.3 Å². The third kappa shape index (κ3) is 3.23. The van der Waals surface area contributed by atoms with E-state index in [1.54, 1.807) is 0 Å². The minimum Gasteiger partial charge on any atom is -0.313 e. The van der Waals surface area contributed by atoms with E-state index >= 15 is 0 Å². The normalized spacial score (nSPS) is 16.8. The van der Waals surface area contributed by atoms with Gasteiger partial charge in [0.1, 0.15) is 0 Å². The van der Waals surface area contributed by atoms with Gasteiger partial charge in [0.05, 0.1) is 33.0 Å². The van der Waals surface area contributed by atoms with Crippen LogP contribution in [0.1, 0.15) is 28.7 Å². The minimum absolute atomic E-state index is 0.247. The SMILES string of the molecule is C1=C2c3ccccc3C3(c4ccccc4-c4ccccc43)C2CC(n2c3ccccc3c3c4cc5c6cccc7c8ccccc8n(c5cc4ccc32)c76)=C1. The first-order valence-corrected chi connectivity index (χ1v) is 19.5. The van der Waals surface area contributed by atoms with Gasteiger partial charge in [0.15, 0.2) is 0 Å². The average Bonchev–Trinajstić information content (AvgIpc) is 4.02. The molecule has 1 unspecified atom stereocenters. The van der Waals surface area contributed by atoms with Gasteiger partial charge in [0, 0.05) is 43.9 Å². The Morgan fingerprint density at radius 3 is 1.84 bits per heavy atom. The number of para-hydroxylation sites is 3. The lowest BCUT2D eigenvalue weighted by molar-refractivity contribution is 0.495. The quantitative estimate of drug-likeness (QED) is 0.162. The summed E-state index contributed by atoms with van der Waals surface area (Å²) in [5.41, 5.74) is 17.4. The van der Waals surface area contributed by atoms with Crippen molar-refractivity contribution in [1.29, 1.82) is 0 Å². The number of aromatic nitrogens is 2. The number of nitrogens with zero attached hydrogens (tertiary/aromatic N) is 2. The Labute approximate surface area is 316 Å². The Bertz CT molecular complexity index is 3540. The summed E-state index contributed by atoms with van der Waals surface area (Å²) in [4.78, 5) is 0. The number of allylic oxidation sites excluding steroid dienone is 4. The van der Waals surface area contributed by atoms with Crippen molar-refractivity contribution < 1.29 is 0 Å². The summed E-state index contributed by atoms with van der Waals surface area (Å²) in [5.74, 6) is 0.264. The second-order valence-corrected chi connectivity index (χ2v) is 15.9. The fraction of sp³-hybridized carbons (Fsp3) is 0.0566. The highest BCUT2D eigenvalue weighted by Gasteiger charge is 2.56. The molecule has 1 spiro atoms. The van der Waals surface area contributed by atoms with Gasteiger partial charge in [0.2, 0.25) is 0 Å². The zero-order chi connectivity index (χ0) is 35.6. The van der Waals surface area contributed by atoms with Crippen LogP contribution in [-0.2, 0) is 5.41 Å². The van der Waals surface area contributed by atoms with Gasteiger partial charge in [-0.25, -0.2) is 0 Å². The first kappa shape index (κ1) is 28.6. The Morgan fingerprint density at radius 1 is 0.436 bits per heavy atom. The summed E-state index contributed by atoms with van der Waals surface area (Å²) in [7, 11) is 0. The van der Waals surface area contributed by atoms with Gasteiger partial charge < -0.3 is 8.97 Å². The smallest absolute Gasteiger partial charge is 0.0620 e. The maximum Gasteiger partial charge on any atom is 0.0620 e. The first-order valence-electron chi connectivity index (χ1n) is 19.5. The van der Waals surface area contributed by atoms with Crippen LogP contribution in [-0.4, -0.2) is 8.97 Å². The standard InChI is InChI=1S/C53H32N2/c1-6-19-43-33(12-1)34-13-2-7-20-44(34)53(43)45-21-8-3-14-35(45)36-26-25-32(29-46(36)53)54-48-23-10-5-16-40(48)51-41-30-42-39-18-11-17-38-37-15-4-9-22-47(37)55(52(38)39)50(42)28-31(41)24-27-49(51)54/h1-28,30,46H,29H2. The molecule has 2 nitrogen and oxygen atoms in total. The fourth-order valence-corrected chi connectivity index (χ4v) is 11.7. The summed E-state index contributed by atoms with van der Waals surface area (Å²) >= 11 is 0. The van der Waals surface area contributed by atoms with E-state index in [2.05, 4.69) is 185 Å². The lowest BCUT2D eigenvalue weighted by Gasteiger charge is -2.37. The lowest BCUT2D eigenvalue weighted by atomic mass is 9.65. The molecule has 0 saturated heterocycles. The molecule has 3 aliphatic rings. The summed E-state index contributed by atoms with van der Waals surface area (Å²) in [6.07, 6.45) is 5.81. The molecule has 0 amide bonds. The first-order chi connectivity index (χ1) is 27.3. The Morgan fingerprint density at radius 2 is 1.05 bits per heavy atom. The van der Waals surface area contributed by atoms with Gasteiger partial charge in [0.25, 0.3) is 0 Å². The number of fused-ring (bicyclic) bond motifs is 21. The highest BCUT2D eigenvalue weighted by Crippen LogP contribution is 2.66. The Hall–Kier alpha value is -6.90. The molecule has 254 valence electrons. The van der Waals surface area contributed by atoms with E-state index in [1.165, 1.54) is 115 Å². The van der Waals surface area contributed by atoms with Crippen molar-refractivity contribution in [2.75, 3.05) is 0 Å². The molecule has 0 saturated carbocycles. The molecule has 1 atom stereocenters. The number of benzene rings is 8. The van der Waals surface area contributed by atoms with E-state index in [9.17, 15) is 0 Å². The summed E-state index contributed by atoms with van der Waals surface area (Å²) in [6, 6.07) is 62.0. The van der Waals surface area contributed by atoms with Crippen molar-refractivity contribution in [1.82, 2.24) is 8.97 Å². The summed E-state index contributed by atoms with van der Waals surface area (Å²) in [6.45, 7) is 0. The van der Waals surface area contributed by atoms with Crippen LogP contribution in [0.2, 0.25) is 0 Å². The number of hydrogen-bond donors (Lipinski definition) is 0. The number of rotatable bonds is 1. The van der Waals surface area contributed by atoms with Crippen LogP contribution in [0, 0.1) is 5.92 Å². The molecular weight excluding hydrogens is 665 g/mol. The molecule has 8 aromatic carbocycles. The molecule has 14 rings (SSSR count). The molecule has 55 heavy (non-hydrogen) atoms. The summed E-state index contributed by atoms with van der Waals surface area (Å²) in [5, 5.41) is 10.5. The number of hydrogen-bond acceptors (Lipinski definition) is 0. The zero-order valence-electron chi connectivity index (χ0n) is 29.9. The van der Waals surface area contributed by atoms with Crippen LogP contribution in [0.3, 0.4) is 0 Å². The van der Waals surface area contributed by atoms with Crippen LogP contribution < -0.4 is 0 Å². The van der Waals surface area contributed by atoms with Crippen molar-refractivity contribution >= 4 is 81.9 Å². The molecule has 0 N–H and O–H groups in total. The molecule has 0 fully saturated rings. The van der Waals surface area contributed by atoms with E-state index in [4.69, 9.17) is 0 Å². The monoisotopic (exact) mass is 696 g/mol. The van der Waals surface area contributed by atoms with Crippen LogP contribution in [0.15, 0.2) is 176 Å². The molecule has 3 heterocycles. The lowest BCUT2D eigenvalue weighted by Crippen LogP contribution is -2.33. The van der Waals surface area contributed by atoms with Crippen LogP contribution in [0.5, 0.6) is 0 Å². The van der Waals surface area contributed by atoms with Gasteiger partial charge in [-0.1, -0.05) is 140 Å². The van der Waals surface area contributed by atoms with Crippen molar-refractivity contribution in [3.63, 3.8) is 0 Å². The minimum atomic E-state index is -0.247. The molecule has 2 heteroatoms. The van der Waals surface area contributed by atoms with Crippen molar-refractivity contribution in [3.05, 3.63) is 198 Å². The van der Waals surface area contributed by atoms with Gasteiger partial charge in [-0.2, -0.15) is 0 Å². The van der Waals surface area contributed by atoms with Crippen molar-refractivity contribution in [3.8, 4) is 11.1 Å². The maximum atomic E-state index is 2.59. The molecule has 3 aliphatic carbocycles. The van der Waals surface area contributed by atoms with Crippen LogP contribution in [0.4, 0.5) is 0 Å². The fourth-order valence-electron chi connectivity index (χ4n) is 11.7. The molecule has 0 bridgehead atoms. The van der Waals surface area contributed by atoms with Crippen LogP contribution in [0.25, 0.3) is 93.1 Å². The van der Waals surface area contributed by atoms with E-state index < -0.39 is 0 Å². The molecule has 3 aromatic heterocycles. The van der Waals surface area contributed by atoms with Crippen LogP contribution >= 0.6 is 0 Å². The molecule has 11 aromatic rings. The Balaban J connectivity index is 1.03. The Kier molecular flexibility index (Phi) is 5.09. The topological polar surface area (TPSA) is 9.34 Å². The average molecular weight is 697 g/mol. The second kappa shape index (κ2) is 9.79. The molecule has 0 radical (unpaired) electrons. The van der Waals surface area contributed by atoms with Gasteiger partial charge in [-0.3, -0.25) is 0 Å². The third-order valence-corrected chi connectivity index (χ3v) is 13.7. The van der Waals surface area contributed by atoms with E-state index in [0.29, 0.717) is 0 Å². The van der Waals surface area contributed by atoms with E-state index in [0.717, 1.165) is 6.42 Å². The van der Waals surface area contributed by atoms with Crippen molar-refractivity contribution in [2.24, 2.45) is 5.92 Å². The van der Waals surface area contributed by atoms with Gasteiger partial charge >= 0.3 is 0 Å². The molecular formula is C53H32N2. The highest BCUT2D eigenvalue weighted by atomic mass is 15.0. The maximum absolute atomic E-state index is 2.59. The zero-order valence-corrected chi connectivity index (χ0v) is 29.9. The molecule has 0 aliphatic heterocycles.